The smallest absolute Gasteiger partial charge is 0.169 e. The predicted octanol–water partition coefficient (Wildman–Crippen LogP) is -0.150. The van der Waals surface area contributed by atoms with Gasteiger partial charge < -0.3 is 29.0 Å². The van der Waals surface area contributed by atoms with Crippen LogP contribution in [0.25, 0.3) is 22.4 Å². The predicted molar refractivity (Wildman–Crippen MR) is 72.1 cm³/mol. The first-order valence-electron chi connectivity index (χ1n) is 6.22. The number of aryl methyl sites for hydroxylation is 2. The molecule has 1 aromatic carbocycles. The van der Waals surface area contributed by atoms with E-state index >= 15 is 0 Å². The highest BCUT2D eigenvalue weighted by Crippen LogP contribution is 2.20. The molecule has 0 unspecified atom stereocenters. The van der Waals surface area contributed by atoms with Crippen molar-refractivity contribution in [3.63, 3.8) is 0 Å². The number of pyridine rings is 1. The average molecular weight is 365 g/mol. The van der Waals surface area contributed by atoms with Gasteiger partial charge in [-0.25, -0.2) is 9.55 Å². The van der Waals surface area contributed by atoms with E-state index in [1.807, 2.05) is 0 Å². The molecule has 0 saturated carbocycles. The molecule has 0 amide bonds. The number of benzene rings is 1. The number of hydrogen-bond acceptors (Lipinski definition) is 1. The van der Waals surface area contributed by atoms with Crippen molar-refractivity contribution < 1.29 is 28.5 Å². The van der Waals surface area contributed by atoms with Crippen molar-refractivity contribution in [3.8, 4) is 11.4 Å². The average Bonchev–Trinajstić information content (AvgIpc) is 2.81. The van der Waals surface area contributed by atoms with Crippen molar-refractivity contribution in [2.24, 2.45) is 0 Å². The number of fused-ring (bicyclic) bond motifs is 1. The lowest BCUT2D eigenvalue weighted by Crippen LogP contribution is -3.00. The fraction of sp³-hybridized carbons (Fsp3) is 0.200. The molecule has 0 aliphatic carbocycles. The van der Waals surface area contributed by atoms with Crippen LogP contribution in [-0.2, 0) is 6.54 Å². The van der Waals surface area contributed by atoms with Crippen LogP contribution in [0.1, 0.15) is 12.5 Å². The van der Waals surface area contributed by atoms with Gasteiger partial charge in [0.1, 0.15) is 12.4 Å². The Hall–Kier alpha value is -1.43. The normalized spacial score (nSPS) is 10.4. The first kappa shape index (κ1) is 14.0. The number of nitrogens with zero attached hydrogens (tertiary/aromatic N) is 2. The van der Waals surface area contributed by atoms with Gasteiger partial charge in [0.15, 0.2) is 12.4 Å². The van der Waals surface area contributed by atoms with Crippen LogP contribution in [0, 0.1) is 6.92 Å². The van der Waals surface area contributed by atoms with Crippen molar-refractivity contribution in [2.45, 2.75) is 20.4 Å². The Morgan fingerprint density at radius 1 is 1.16 bits per heavy atom. The molecule has 3 nitrogen and oxygen atoms in total. The molecule has 0 aliphatic rings. The van der Waals surface area contributed by atoms with E-state index in [2.05, 4.69) is 71.1 Å². The quantitative estimate of drug-likeness (QED) is 0.497. The topological polar surface area (TPSA) is 32.6 Å². The summed E-state index contributed by atoms with van der Waals surface area (Å²) < 4.78 is 2.14. The number of aromatic amines is 1. The second kappa shape index (κ2) is 5.69. The molecule has 0 radical (unpaired) electrons. The number of H-pyrrole nitrogens is 1. The zero-order valence-corrected chi connectivity index (χ0v) is 13.2. The number of nitrogens with one attached hydrogen (secondary N) is 1. The standard InChI is InChI=1S/C15H15N3.HI/c1-3-18-8-6-12(7-9-18)15-16-13-5-4-11(2)10-14(13)17-15;/h4-10H,3H2,1-2H3;1H. The van der Waals surface area contributed by atoms with Gasteiger partial charge in [-0.3, -0.25) is 0 Å². The minimum atomic E-state index is 0. The Kier molecular flexibility index (Phi) is 4.19. The molecule has 0 bridgehead atoms. The summed E-state index contributed by atoms with van der Waals surface area (Å²) in [6, 6.07) is 10.5. The van der Waals surface area contributed by atoms with Gasteiger partial charge in [0.05, 0.1) is 11.0 Å². The molecule has 4 heteroatoms. The molecule has 3 aromatic rings. The molecule has 19 heavy (non-hydrogen) atoms. The van der Waals surface area contributed by atoms with E-state index in [9.17, 15) is 0 Å². The third-order valence-electron chi connectivity index (χ3n) is 3.17. The lowest BCUT2D eigenvalue weighted by molar-refractivity contribution is -0.693. The van der Waals surface area contributed by atoms with Crippen LogP contribution in [0.2, 0.25) is 0 Å². The Labute approximate surface area is 129 Å². The van der Waals surface area contributed by atoms with Crippen LogP contribution in [-0.4, -0.2) is 9.97 Å². The van der Waals surface area contributed by atoms with Crippen LogP contribution in [0.4, 0.5) is 0 Å². The lowest BCUT2D eigenvalue weighted by Gasteiger charge is -1.95. The lowest BCUT2D eigenvalue weighted by atomic mass is 10.2. The molecule has 3 rings (SSSR count). The fourth-order valence-corrected chi connectivity index (χ4v) is 2.09. The molecule has 0 atom stereocenters. The van der Waals surface area contributed by atoms with E-state index < -0.39 is 0 Å². The highest BCUT2D eigenvalue weighted by molar-refractivity contribution is 5.79. The number of aromatic nitrogens is 3. The third kappa shape index (κ3) is 2.78. The summed E-state index contributed by atoms with van der Waals surface area (Å²) in [6.07, 6.45) is 4.15. The molecular formula is C15H16IN3. The third-order valence-corrected chi connectivity index (χ3v) is 3.17. The van der Waals surface area contributed by atoms with Crippen molar-refractivity contribution in [1.29, 1.82) is 0 Å². The van der Waals surface area contributed by atoms with Crippen LogP contribution < -0.4 is 28.5 Å². The largest absolute Gasteiger partial charge is 1.00 e. The monoisotopic (exact) mass is 365 g/mol. The summed E-state index contributed by atoms with van der Waals surface area (Å²) in [6.45, 7) is 5.20. The van der Waals surface area contributed by atoms with E-state index in [4.69, 9.17) is 0 Å². The maximum atomic E-state index is 4.61. The first-order valence-corrected chi connectivity index (χ1v) is 6.22. The summed E-state index contributed by atoms with van der Waals surface area (Å²) in [7, 11) is 0. The SMILES string of the molecule is CC[n+]1ccc(-c2nc3ccc(C)cc3[nH]2)cc1.[I-]. The highest BCUT2D eigenvalue weighted by atomic mass is 127. The van der Waals surface area contributed by atoms with Crippen molar-refractivity contribution in [2.75, 3.05) is 0 Å². The number of halogens is 1. The van der Waals surface area contributed by atoms with Gasteiger partial charge >= 0.3 is 0 Å². The molecular weight excluding hydrogens is 349 g/mol. The van der Waals surface area contributed by atoms with Gasteiger partial charge in [0.2, 0.25) is 0 Å². The zero-order valence-electron chi connectivity index (χ0n) is 11.0. The minimum Gasteiger partial charge on any atom is -1.00 e. The van der Waals surface area contributed by atoms with Crippen molar-refractivity contribution in [1.82, 2.24) is 9.97 Å². The van der Waals surface area contributed by atoms with Gasteiger partial charge in [-0.1, -0.05) is 6.07 Å². The van der Waals surface area contributed by atoms with Gasteiger partial charge in [-0.05, 0) is 31.5 Å². The first-order chi connectivity index (χ1) is 8.76. The Balaban J connectivity index is 0.00000133. The van der Waals surface area contributed by atoms with Crippen molar-refractivity contribution >= 4 is 11.0 Å². The molecule has 0 spiro atoms. The van der Waals surface area contributed by atoms with Crippen LogP contribution in [0.3, 0.4) is 0 Å². The summed E-state index contributed by atoms with van der Waals surface area (Å²) in [5.74, 6) is 0.929. The van der Waals surface area contributed by atoms with Crippen LogP contribution >= 0.6 is 0 Å². The highest BCUT2D eigenvalue weighted by Gasteiger charge is 2.06. The van der Waals surface area contributed by atoms with E-state index in [1.54, 1.807) is 0 Å². The summed E-state index contributed by atoms with van der Waals surface area (Å²) in [5.41, 5.74) is 4.48. The molecule has 2 heterocycles. The van der Waals surface area contributed by atoms with Gasteiger partial charge in [0, 0.05) is 17.7 Å². The molecule has 1 N–H and O–H groups in total. The van der Waals surface area contributed by atoms with E-state index in [1.165, 1.54) is 5.56 Å². The summed E-state index contributed by atoms with van der Waals surface area (Å²) in [4.78, 5) is 7.98. The Bertz CT molecular complexity index is 686. The number of rotatable bonds is 2. The van der Waals surface area contributed by atoms with E-state index in [0.717, 1.165) is 29.0 Å². The molecule has 2 aromatic heterocycles. The molecule has 0 aliphatic heterocycles. The molecule has 0 saturated heterocycles. The zero-order chi connectivity index (χ0) is 12.5. The fourth-order valence-electron chi connectivity index (χ4n) is 2.09. The van der Waals surface area contributed by atoms with Gasteiger partial charge in [-0.2, -0.15) is 0 Å². The second-order valence-electron chi connectivity index (χ2n) is 4.52. The number of hydrogen-bond donors (Lipinski definition) is 1. The molecule has 98 valence electrons. The summed E-state index contributed by atoms with van der Waals surface area (Å²) in [5, 5.41) is 0. The van der Waals surface area contributed by atoms with Gasteiger partial charge in [0.25, 0.3) is 0 Å². The maximum absolute atomic E-state index is 4.61. The maximum Gasteiger partial charge on any atom is 0.169 e. The number of imidazole rings is 1. The van der Waals surface area contributed by atoms with Crippen molar-refractivity contribution in [3.05, 3.63) is 48.3 Å². The summed E-state index contributed by atoms with van der Waals surface area (Å²) >= 11 is 0. The van der Waals surface area contributed by atoms with E-state index in [0.29, 0.717) is 0 Å². The van der Waals surface area contributed by atoms with Gasteiger partial charge in [-0.15, -0.1) is 0 Å². The molecule has 0 fully saturated rings. The Morgan fingerprint density at radius 3 is 2.58 bits per heavy atom. The second-order valence-corrected chi connectivity index (χ2v) is 4.52. The van der Waals surface area contributed by atoms with E-state index in [-0.39, 0.29) is 24.0 Å². The minimum absolute atomic E-state index is 0. The Morgan fingerprint density at radius 2 is 1.89 bits per heavy atom. The van der Waals surface area contributed by atoms with Crippen LogP contribution in [0.5, 0.6) is 0 Å². The van der Waals surface area contributed by atoms with Crippen LogP contribution in [0.15, 0.2) is 42.7 Å².